The van der Waals surface area contributed by atoms with Gasteiger partial charge in [-0.3, -0.25) is 9.89 Å². The summed E-state index contributed by atoms with van der Waals surface area (Å²) in [7, 11) is 0. The van der Waals surface area contributed by atoms with E-state index in [-0.39, 0.29) is 18.6 Å². The predicted octanol–water partition coefficient (Wildman–Crippen LogP) is 0.456. The lowest BCUT2D eigenvalue weighted by Crippen LogP contribution is -2.37. The Labute approximate surface area is 95.3 Å². The molecular weight excluding hydrogens is 206 g/mol. The minimum atomic E-state index is -0.153. The number of rotatable bonds is 5. The monoisotopic (exact) mass is 225 g/mol. The van der Waals surface area contributed by atoms with Gasteiger partial charge in [-0.2, -0.15) is 5.10 Å². The Kier molecular flexibility index (Phi) is 4.49. The summed E-state index contributed by atoms with van der Waals surface area (Å²) < 4.78 is 0. The highest BCUT2D eigenvalue weighted by atomic mass is 16.3. The fraction of sp³-hybridized carbons (Fsp3) is 0.636. The molecule has 3 N–H and O–H groups in total. The van der Waals surface area contributed by atoms with Crippen molar-refractivity contribution in [3.8, 4) is 0 Å². The molecule has 0 fully saturated rings. The second-order valence-corrected chi connectivity index (χ2v) is 3.94. The van der Waals surface area contributed by atoms with E-state index >= 15 is 0 Å². The van der Waals surface area contributed by atoms with Crippen LogP contribution < -0.4 is 5.32 Å². The van der Waals surface area contributed by atoms with Gasteiger partial charge in [-0.25, -0.2) is 0 Å². The minimum Gasteiger partial charge on any atom is -0.394 e. The van der Waals surface area contributed by atoms with Gasteiger partial charge in [-0.05, 0) is 20.3 Å². The normalized spacial score (nSPS) is 12.5. The summed E-state index contributed by atoms with van der Waals surface area (Å²) in [6.07, 6.45) is 1.04. The first-order chi connectivity index (χ1) is 7.58. The third-order valence-electron chi connectivity index (χ3n) is 2.70. The number of aliphatic hydroxyl groups is 1. The van der Waals surface area contributed by atoms with Crippen LogP contribution in [-0.2, 0) is 11.2 Å². The number of H-pyrrole nitrogens is 1. The van der Waals surface area contributed by atoms with Crippen LogP contribution in [0.5, 0.6) is 0 Å². The molecule has 1 atom stereocenters. The van der Waals surface area contributed by atoms with Gasteiger partial charge in [-0.1, -0.05) is 6.92 Å². The average Bonchev–Trinajstić information content (AvgIpc) is 2.57. The SMILES string of the molecule is CC[C@H](CO)NC(=O)Cc1c(C)n[nH]c1C. The smallest absolute Gasteiger partial charge is 0.224 e. The summed E-state index contributed by atoms with van der Waals surface area (Å²) in [5.41, 5.74) is 2.71. The van der Waals surface area contributed by atoms with Crippen molar-refractivity contribution in [2.75, 3.05) is 6.61 Å². The van der Waals surface area contributed by atoms with Crippen molar-refractivity contribution in [2.45, 2.75) is 39.7 Å². The second kappa shape index (κ2) is 5.65. The number of aromatic nitrogens is 2. The zero-order valence-corrected chi connectivity index (χ0v) is 10.0. The number of amides is 1. The third-order valence-corrected chi connectivity index (χ3v) is 2.70. The summed E-state index contributed by atoms with van der Waals surface area (Å²) in [5.74, 6) is -0.0755. The van der Waals surface area contributed by atoms with Crippen LogP contribution in [0.2, 0.25) is 0 Å². The van der Waals surface area contributed by atoms with E-state index in [0.717, 1.165) is 23.4 Å². The van der Waals surface area contributed by atoms with Gasteiger partial charge in [0.15, 0.2) is 0 Å². The van der Waals surface area contributed by atoms with Crippen LogP contribution in [0.3, 0.4) is 0 Å². The zero-order valence-electron chi connectivity index (χ0n) is 10.0. The van der Waals surface area contributed by atoms with Crippen LogP contribution >= 0.6 is 0 Å². The molecule has 1 rings (SSSR count). The number of aliphatic hydroxyl groups excluding tert-OH is 1. The van der Waals surface area contributed by atoms with E-state index in [1.54, 1.807) is 0 Å². The van der Waals surface area contributed by atoms with Crippen molar-refractivity contribution in [2.24, 2.45) is 0 Å². The van der Waals surface area contributed by atoms with E-state index < -0.39 is 0 Å². The van der Waals surface area contributed by atoms with Crippen LogP contribution in [0.4, 0.5) is 0 Å². The molecule has 0 saturated heterocycles. The highest BCUT2D eigenvalue weighted by Crippen LogP contribution is 2.09. The van der Waals surface area contributed by atoms with Crippen molar-refractivity contribution in [3.63, 3.8) is 0 Å². The van der Waals surface area contributed by atoms with Crippen molar-refractivity contribution in [1.29, 1.82) is 0 Å². The molecule has 0 aliphatic rings. The molecule has 0 bridgehead atoms. The van der Waals surface area contributed by atoms with E-state index in [1.807, 2.05) is 20.8 Å². The Morgan fingerprint density at radius 1 is 1.56 bits per heavy atom. The van der Waals surface area contributed by atoms with Crippen molar-refractivity contribution in [3.05, 3.63) is 17.0 Å². The lowest BCUT2D eigenvalue weighted by molar-refractivity contribution is -0.121. The molecule has 1 aromatic heterocycles. The lowest BCUT2D eigenvalue weighted by Gasteiger charge is -2.13. The molecule has 0 unspecified atom stereocenters. The van der Waals surface area contributed by atoms with Gasteiger partial charge in [0, 0.05) is 11.3 Å². The number of aromatic amines is 1. The van der Waals surface area contributed by atoms with Gasteiger partial charge < -0.3 is 10.4 Å². The Hall–Kier alpha value is -1.36. The highest BCUT2D eigenvalue weighted by molar-refractivity contribution is 5.79. The Morgan fingerprint density at radius 2 is 2.25 bits per heavy atom. The largest absolute Gasteiger partial charge is 0.394 e. The molecule has 1 heterocycles. The molecule has 16 heavy (non-hydrogen) atoms. The number of nitrogens with zero attached hydrogens (tertiary/aromatic N) is 1. The average molecular weight is 225 g/mol. The number of hydrogen-bond donors (Lipinski definition) is 3. The van der Waals surface area contributed by atoms with Gasteiger partial charge in [-0.15, -0.1) is 0 Å². The van der Waals surface area contributed by atoms with Crippen LogP contribution in [0.15, 0.2) is 0 Å². The summed E-state index contributed by atoms with van der Waals surface area (Å²) in [4.78, 5) is 11.7. The van der Waals surface area contributed by atoms with Crippen molar-refractivity contribution >= 4 is 5.91 Å². The van der Waals surface area contributed by atoms with Crippen LogP contribution in [-0.4, -0.2) is 33.9 Å². The molecule has 0 aliphatic carbocycles. The number of hydrogen-bond acceptors (Lipinski definition) is 3. The van der Waals surface area contributed by atoms with E-state index in [1.165, 1.54) is 0 Å². The Bertz CT molecular complexity index is 337. The predicted molar refractivity (Wildman–Crippen MR) is 61.1 cm³/mol. The number of nitrogens with one attached hydrogen (secondary N) is 2. The maximum Gasteiger partial charge on any atom is 0.224 e. The first kappa shape index (κ1) is 12.7. The molecule has 0 saturated carbocycles. The number of carbonyl (C=O) groups is 1. The second-order valence-electron chi connectivity index (χ2n) is 3.94. The maximum atomic E-state index is 11.7. The van der Waals surface area contributed by atoms with E-state index in [2.05, 4.69) is 15.5 Å². The van der Waals surface area contributed by atoms with Gasteiger partial charge >= 0.3 is 0 Å². The molecule has 0 radical (unpaired) electrons. The maximum absolute atomic E-state index is 11.7. The Morgan fingerprint density at radius 3 is 2.69 bits per heavy atom. The molecule has 5 heteroatoms. The van der Waals surface area contributed by atoms with Gasteiger partial charge in [0.2, 0.25) is 5.91 Å². The topological polar surface area (TPSA) is 78.0 Å². The van der Waals surface area contributed by atoms with Gasteiger partial charge in [0.05, 0.1) is 24.8 Å². The lowest BCUT2D eigenvalue weighted by atomic mass is 10.1. The fourth-order valence-corrected chi connectivity index (χ4v) is 1.55. The fourth-order valence-electron chi connectivity index (χ4n) is 1.55. The van der Waals surface area contributed by atoms with Crippen molar-refractivity contribution in [1.82, 2.24) is 15.5 Å². The molecule has 0 spiro atoms. The molecule has 90 valence electrons. The molecule has 5 nitrogen and oxygen atoms in total. The summed E-state index contributed by atoms with van der Waals surface area (Å²) in [5, 5.41) is 18.6. The van der Waals surface area contributed by atoms with E-state index in [0.29, 0.717) is 6.42 Å². The molecule has 1 aromatic rings. The Balaban J connectivity index is 2.58. The van der Waals surface area contributed by atoms with E-state index in [9.17, 15) is 4.79 Å². The number of aryl methyl sites for hydroxylation is 2. The quantitative estimate of drug-likeness (QED) is 0.681. The summed E-state index contributed by atoms with van der Waals surface area (Å²) in [6.45, 7) is 5.67. The molecule has 0 aliphatic heterocycles. The number of carbonyl (C=O) groups excluding carboxylic acids is 1. The zero-order chi connectivity index (χ0) is 12.1. The standard InChI is InChI=1S/C11H19N3O2/c1-4-9(6-15)12-11(16)5-10-7(2)13-14-8(10)3/h9,15H,4-6H2,1-3H3,(H,12,16)(H,13,14)/t9-/m1/s1. The van der Waals surface area contributed by atoms with Crippen LogP contribution in [0.25, 0.3) is 0 Å². The van der Waals surface area contributed by atoms with Crippen LogP contribution in [0.1, 0.15) is 30.3 Å². The van der Waals surface area contributed by atoms with Gasteiger partial charge in [0.1, 0.15) is 0 Å². The molecule has 1 amide bonds. The van der Waals surface area contributed by atoms with Crippen molar-refractivity contribution < 1.29 is 9.90 Å². The molecular formula is C11H19N3O2. The first-order valence-corrected chi connectivity index (χ1v) is 5.49. The third kappa shape index (κ3) is 3.06. The highest BCUT2D eigenvalue weighted by Gasteiger charge is 2.13. The van der Waals surface area contributed by atoms with Gasteiger partial charge in [0.25, 0.3) is 0 Å². The van der Waals surface area contributed by atoms with Crippen LogP contribution in [0, 0.1) is 13.8 Å². The molecule has 0 aromatic carbocycles. The summed E-state index contributed by atoms with van der Waals surface area (Å²) in [6, 6.07) is -0.153. The van der Waals surface area contributed by atoms with E-state index in [4.69, 9.17) is 5.11 Å². The summed E-state index contributed by atoms with van der Waals surface area (Å²) >= 11 is 0. The minimum absolute atomic E-state index is 0.0222. The first-order valence-electron chi connectivity index (χ1n) is 5.49.